The molecular weight excluding hydrogens is 330 g/mol. The molecule has 1 heterocycles. The van der Waals surface area contributed by atoms with E-state index in [1.54, 1.807) is 19.3 Å². The standard InChI is InChI=1S/C24H39N3/c1-16-4-6-19-18(14-16)5-7-21-20(19)10-11-24(3)22(8-9-23(21)24)17(2)15-27-25-12-13-26-27/h12-13,16-23H,4-11,14-15H2,1-3H3/t16?,17-,18?,19?,20-,21?,22?,23+,24?/m1/s1. The molecule has 0 spiro atoms. The fourth-order valence-electron chi connectivity index (χ4n) is 8.79. The van der Waals surface area contributed by atoms with Crippen molar-refractivity contribution < 1.29 is 0 Å². The SMILES string of the molecule is CC1CCC2C(CCC3[C@@H]2CCC2(C)C([C@H](C)Cn4nccn4)CC[C@@H]32)C1. The highest BCUT2D eigenvalue weighted by Gasteiger charge is 2.57. The molecule has 1 aromatic heterocycles. The molecule has 4 saturated carbocycles. The normalized spacial score (nSPS) is 47.7. The number of aromatic nitrogens is 3. The third kappa shape index (κ3) is 2.99. The lowest BCUT2D eigenvalue weighted by Gasteiger charge is -2.56. The molecule has 4 aliphatic rings. The molecule has 150 valence electrons. The van der Waals surface area contributed by atoms with Gasteiger partial charge in [-0.25, -0.2) is 0 Å². The largest absolute Gasteiger partial charge is 0.185 e. The van der Waals surface area contributed by atoms with Crippen molar-refractivity contribution in [2.45, 2.75) is 85.1 Å². The van der Waals surface area contributed by atoms with E-state index in [-0.39, 0.29) is 0 Å². The highest BCUT2D eigenvalue weighted by molar-refractivity contribution is 5.06. The Hall–Kier alpha value is -0.860. The van der Waals surface area contributed by atoms with Crippen molar-refractivity contribution in [3.63, 3.8) is 0 Å². The number of rotatable bonds is 3. The minimum Gasteiger partial charge on any atom is -0.185 e. The van der Waals surface area contributed by atoms with E-state index < -0.39 is 0 Å². The molecule has 4 aliphatic carbocycles. The van der Waals surface area contributed by atoms with E-state index >= 15 is 0 Å². The van der Waals surface area contributed by atoms with Crippen LogP contribution in [0.15, 0.2) is 12.4 Å². The summed E-state index contributed by atoms with van der Waals surface area (Å²) in [4.78, 5) is 1.92. The van der Waals surface area contributed by atoms with E-state index in [4.69, 9.17) is 0 Å². The van der Waals surface area contributed by atoms with Crippen LogP contribution in [-0.4, -0.2) is 15.0 Å². The number of fused-ring (bicyclic) bond motifs is 5. The molecule has 5 rings (SSSR count). The van der Waals surface area contributed by atoms with Crippen molar-refractivity contribution in [2.75, 3.05) is 0 Å². The zero-order valence-corrected chi connectivity index (χ0v) is 17.7. The van der Waals surface area contributed by atoms with Gasteiger partial charge in [0.05, 0.1) is 18.9 Å². The van der Waals surface area contributed by atoms with Crippen LogP contribution in [0.2, 0.25) is 0 Å². The molecule has 3 heteroatoms. The first-order valence-electron chi connectivity index (χ1n) is 11.9. The monoisotopic (exact) mass is 369 g/mol. The average molecular weight is 370 g/mol. The maximum atomic E-state index is 4.38. The first kappa shape index (κ1) is 18.2. The van der Waals surface area contributed by atoms with Crippen molar-refractivity contribution in [2.24, 2.45) is 52.8 Å². The van der Waals surface area contributed by atoms with Gasteiger partial charge in [0.15, 0.2) is 0 Å². The van der Waals surface area contributed by atoms with Gasteiger partial charge in [0.25, 0.3) is 0 Å². The summed E-state index contributed by atoms with van der Waals surface area (Å²) in [7, 11) is 0. The van der Waals surface area contributed by atoms with Crippen LogP contribution in [0.5, 0.6) is 0 Å². The molecule has 3 nitrogen and oxygen atoms in total. The Balaban J connectivity index is 1.32. The van der Waals surface area contributed by atoms with Gasteiger partial charge >= 0.3 is 0 Å². The van der Waals surface area contributed by atoms with Gasteiger partial charge in [-0.15, -0.1) is 0 Å². The molecule has 0 aromatic carbocycles. The topological polar surface area (TPSA) is 30.7 Å². The quantitative estimate of drug-likeness (QED) is 0.672. The molecule has 0 N–H and O–H groups in total. The highest BCUT2D eigenvalue weighted by Crippen LogP contribution is 2.65. The summed E-state index contributed by atoms with van der Waals surface area (Å²) in [5, 5.41) is 8.75. The second kappa shape index (κ2) is 6.88. The zero-order chi connectivity index (χ0) is 18.6. The maximum absolute atomic E-state index is 4.38. The van der Waals surface area contributed by atoms with Crippen LogP contribution in [0.3, 0.4) is 0 Å². The van der Waals surface area contributed by atoms with Crippen LogP contribution < -0.4 is 0 Å². The summed E-state index contributed by atoms with van der Waals surface area (Å²) in [6, 6.07) is 0. The van der Waals surface area contributed by atoms with E-state index in [1.165, 1.54) is 38.5 Å². The van der Waals surface area contributed by atoms with Crippen LogP contribution >= 0.6 is 0 Å². The van der Waals surface area contributed by atoms with Crippen LogP contribution in [0.25, 0.3) is 0 Å². The van der Waals surface area contributed by atoms with E-state index in [9.17, 15) is 0 Å². The molecule has 0 amide bonds. The van der Waals surface area contributed by atoms with Gasteiger partial charge in [-0.2, -0.15) is 15.0 Å². The Labute approximate surface area is 165 Å². The third-order valence-corrected chi connectivity index (χ3v) is 9.89. The van der Waals surface area contributed by atoms with E-state index in [2.05, 4.69) is 31.0 Å². The summed E-state index contributed by atoms with van der Waals surface area (Å²) >= 11 is 0. The highest BCUT2D eigenvalue weighted by atomic mass is 15.5. The number of hydrogen-bond donors (Lipinski definition) is 0. The molecule has 0 aliphatic heterocycles. The van der Waals surface area contributed by atoms with E-state index in [0.29, 0.717) is 11.3 Å². The Morgan fingerprint density at radius 2 is 1.74 bits per heavy atom. The van der Waals surface area contributed by atoms with Crippen molar-refractivity contribution >= 4 is 0 Å². The molecule has 0 bridgehead atoms. The minimum absolute atomic E-state index is 0.572. The lowest BCUT2D eigenvalue weighted by molar-refractivity contribution is -0.0739. The van der Waals surface area contributed by atoms with Gasteiger partial charge < -0.3 is 0 Å². The van der Waals surface area contributed by atoms with E-state index in [1.807, 2.05) is 17.2 Å². The van der Waals surface area contributed by atoms with Gasteiger partial charge in [-0.05, 0) is 104 Å². The van der Waals surface area contributed by atoms with Crippen molar-refractivity contribution in [1.29, 1.82) is 0 Å². The van der Waals surface area contributed by atoms with Gasteiger partial charge in [0.2, 0.25) is 0 Å². The molecule has 0 radical (unpaired) electrons. The molecular formula is C24H39N3. The fourth-order valence-corrected chi connectivity index (χ4v) is 8.79. The van der Waals surface area contributed by atoms with Crippen molar-refractivity contribution in [3.8, 4) is 0 Å². The second-order valence-corrected chi connectivity index (χ2v) is 11.1. The molecule has 1 aromatic rings. The van der Waals surface area contributed by atoms with Crippen LogP contribution in [0.4, 0.5) is 0 Å². The third-order valence-electron chi connectivity index (χ3n) is 9.89. The first-order chi connectivity index (χ1) is 13.1. The summed E-state index contributed by atoms with van der Waals surface area (Å²) in [5.41, 5.74) is 0.572. The van der Waals surface area contributed by atoms with E-state index in [0.717, 1.165) is 48.0 Å². The predicted octanol–water partition coefficient (Wildman–Crippen LogP) is 5.82. The lowest BCUT2D eigenvalue weighted by Crippen LogP contribution is -2.49. The van der Waals surface area contributed by atoms with Crippen LogP contribution in [0.1, 0.15) is 78.6 Å². The first-order valence-corrected chi connectivity index (χ1v) is 11.9. The summed E-state index contributed by atoms with van der Waals surface area (Å²) in [5.74, 6) is 7.79. The van der Waals surface area contributed by atoms with Gasteiger partial charge in [0.1, 0.15) is 0 Å². The van der Waals surface area contributed by atoms with Gasteiger partial charge in [-0.1, -0.05) is 27.2 Å². The van der Waals surface area contributed by atoms with Crippen molar-refractivity contribution in [1.82, 2.24) is 15.0 Å². The Kier molecular flexibility index (Phi) is 4.64. The Morgan fingerprint density at radius 3 is 2.56 bits per heavy atom. The summed E-state index contributed by atoms with van der Waals surface area (Å²) in [6.07, 6.45) is 17.2. The number of hydrogen-bond acceptors (Lipinski definition) is 2. The smallest absolute Gasteiger partial charge is 0.0693 e. The summed E-state index contributed by atoms with van der Waals surface area (Å²) in [6.45, 7) is 8.63. The molecule has 27 heavy (non-hydrogen) atoms. The lowest BCUT2D eigenvalue weighted by atomic mass is 9.49. The minimum atomic E-state index is 0.572. The van der Waals surface area contributed by atoms with Gasteiger partial charge in [0, 0.05) is 0 Å². The van der Waals surface area contributed by atoms with Crippen LogP contribution in [-0.2, 0) is 6.54 Å². The fraction of sp³-hybridized carbons (Fsp3) is 0.917. The Morgan fingerprint density at radius 1 is 0.963 bits per heavy atom. The van der Waals surface area contributed by atoms with Gasteiger partial charge in [-0.3, -0.25) is 0 Å². The molecule has 4 fully saturated rings. The molecule has 0 saturated heterocycles. The maximum Gasteiger partial charge on any atom is 0.0693 e. The van der Waals surface area contributed by atoms with Crippen molar-refractivity contribution in [3.05, 3.63) is 12.4 Å². The Bertz CT molecular complexity index is 640. The second-order valence-electron chi connectivity index (χ2n) is 11.1. The average Bonchev–Trinajstić information content (AvgIpc) is 3.28. The number of nitrogens with zero attached hydrogens (tertiary/aromatic N) is 3. The summed E-state index contributed by atoms with van der Waals surface area (Å²) < 4.78 is 0. The molecule has 6 unspecified atom stereocenters. The molecule has 9 atom stereocenters. The predicted molar refractivity (Wildman–Crippen MR) is 109 cm³/mol. The van der Waals surface area contributed by atoms with Crippen LogP contribution in [0, 0.1) is 52.8 Å². The zero-order valence-electron chi connectivity index (χ0n) is 17.7.